The van der Waals surface area contributed by atoms with Gasteiger partial charge in [-0.15, -0.1) is 0 Å². The molecule has 2 amide bonds. The van der Waals surface area contributed by atoms with Crippen LogP contribution in [0.25, 0.3) is 0 Å². The topological polar surface area (TPSA) is 86.4 Å². The number of H-pyrrole nitrogens is 1. The van der Waals surface area contributed by atoms with Gasteiger partial charge in [-0.1, -0.05) is 19.3 Å². The molecule has 2 fully saturated rings. The van der Waals surface area contributed by atoms with Crippen molar-refractivity contribution in [3.05, 3.63) is 12.2 Å². The molecule has 1 saturated heterocycles. The molecule has 1 aliphatic heterocycles. The average molecular weight is 350 g/mol. The predicted octanol–water partition coefficient (Wildman–Crippen LogP) is 1.37. The van der Waals surface area contributed by atoms with E-state index in [4.69, 9.17) is 4.74 Å². The highest BCUT2D eigenvalue weighted by Crippen LogP contribution is 2.20. The molecule has 1 aromatic heterocycles. The zero-order chi connectivity index (χ0) is 17.3. The summed E-state index contributed by atoms with van der Waals surface area (Å²) in [6.07, 6.45) is 9.19. The van der Waals surface area contributed by atoms with E-state index in [0.717, 1.165) is 51.6 Å². The Kier molecular flexibility index (Phi) is 7.05. The summed E-state index contributed by atoms with van der Waals surface area (Å²) in [5.41, 5.74) is 0. The number of rotatable bonds is 7. The number of aromatic nitrogens is 3. The minimum Gasteiger partial charge on any atom is -0.378 e. The Balaban J connectivity index is 1.24. The van der Waals surface area contributed by atoms with Crippen molar-refractivity contribution in [1.29, 1.82) is 0 Å². The Morgan fingerprint density at radius 1 is 1.24 bits per heavy atom. The fourth-order valence-electron chi connectivity index (χ4n) is 3.49. The fraction of sp³-hybridized carbons (Fsp3) is 0.824. The van der Waals surface area contributed by atoms with E-state index in [1.807, 2.05) is 4.90 Å². The molecule has 0 spiro atoms. The van der Waals surface area contributed by atoms with Gasteiger partial charge < -0.3 is 15.0 Å². The molecule has 8 nitrogen and oxygen atoms in total. The summed E-state index contributed by atoms with van der Waals surface area (Å²) < 4.78 is 5.89. The van der Waals surface area contributed by atoms with Crippen LogP contribution < -0.4 is 5.32 Å². The van der Waals surface area contributed by atoms with Crippen molar-refractivity contribution < 1.29 is 9.53 Å². The highest BCUT2D eigenvalue weighted by atomic mass is 16.5. The lowest BCUT2D eigenvalue weighted by Gasteiger charge is -2.34. The molecule has 0 unspecified atom stereocenters. The van der Waals surface area contributed by atoms with Gasteiger partial charge in [0.1, 0.15) is 12.2 Å². The van der Waals surface area contributed by atoms with Gasteiger partial charge in [-0.25, -0.2) is 9.78 Å². The van der Waals surface area contributed by atoms with Crippen LogP contribution >= 0.6 is 0 Å². The fourth-order valence-corrected chi connectivity index (χ4v) is 3.49. The smallest absolute Gasteiger partial charge is 0.317 e. The molecule has 2 N–H and O–H groups in total. The van der Waals surface area contributed by atoms with E-state index in [0.29, 0.717) is 12.6 Å². The highest BCUT2D eigenvalue weighted by molar-refractivity contribution is 5.74. The van der Waals surface area contributed by atoms with E-state index in [9.17, 15) is 4.79 Å². The third kappa shape index (κ3) is 5.97. The summed E-state index contributed by atoms with van der Waals surface area (Å²) in [7, 11) is 0. The number of carbonyl (C=O) groups excluding carboxylic acids is 1. The molecule has 2 heterocycles. The summed E-state index contributed by atoms with van der Waals surface area (Å²) >= 11 is 0. The van der Waals surface area contributed by atoms with Gasteiger partial charge in [0.25, 0.3) is 0 Å². The standard InChI is InChI=1S/C17H30N6O2/c24-17(18-7-4-12-25-15-5-2-1-3-6-15)23-10-8-22(9-11-23)13-16-19-14-20-21-16/h14-15H,1-13H2,(H,18,24)(H,19,20,21). The second kappa shape index (κ2) is 9.72. The van der Waals surface area contributed by atoms with Crippen molar-refractivity contribution in [3.63, 3.8) is 0 Å². The number of hydrogen-bond acceptors (Lipinski definition) is 5. The van der Waals surface area contributed by atoms with Crippen LogP contribution in [-0.2, 0) is 11.3 Å². The van der Waals surface area contributed by atoms with E-state index in [1.165, 1.54) is 38.4 Å². The number of ether oxygens (including phenoxy) is 1. The molecule has 8 heteroatoms. The molecule has 1 aromatic rings. The number of hydrogen-bond donors (Lipinski definition) is 2. The van der Waals surface area contributed by atoms with Gasteiger partial charge >= 0.3 is 6.03 Å². The molecular weight excluding hydrogens is 320 g/mol. The van der Waals surface area contributed by atoms with Crippen LogP contribution in [0.1, 0.15) is 44.3 Å². The third-order valence-corrected chi connectivity index (χ3v) is 5.00. The Labute approximate surface area is 149 Å². The maximum atomic E-state index is 12.2. The van der Waals surface area contributed by atoms with Gasteiger partial charge in [0.2, 0.25) is 0 Å². The molecule has 140 valence electrons. The number of amides is 2. The number of urea groups is 1. The lowest BCUT2D eigenvalue weighted by Crippen LogP contribution is -2.51. The summed E-state index contributed by atoms with van der Waals surface area (Å²) in [5.74, 6) is 0.871. The van der Waals surface area contributed by atoms with E-state index >= 15 is 0 Å². The van der Waals surface area contributed by atoms with E-state index in [1.54, 1.807) is 0 Å². The second-order valence-corrected chi connectivity index (χ2v) is 6.91. The van der Waals surface area contributed by atoms with Crippen LogP contribution in [0.2, 0.25) is 0 Å². The van der Waals surface area contributed by atoms with Crippen LogP contribution in [-0.4, -0.2) is 76.4 Å². The first-order valence-electron chi connectivity index (χ1n) is 9.52. The zero-order valence-corrected chi connectivity index (χ0v) is 15.0. The summed E-state index contributed by atoms with van der Waals surface area (Å²) in [6, 6.07) is 0.0389. The van der Waals surface area contributed by atoms with Gasteiger partial charge in [0.05, 0.1) is 12.6 Å². The van der Waals surface area contributed by atoms with Gasteiger partial charge in [-0.3, -0.25) is 10.00 Å². The molecular formula is C17H30N6O2. The molecule has 1 aliphatic carbocycles. The maximum Gasteiger partial charge on any atom is 0.317 e. The minimum atomic E-state index is 0.0389. The predicted molar refractivity (Wildman–Crippen MR) is 94.1 cm³/mol. The first kappa shape index (κ1) is 18.1. The average Bonchev–Trinajstić information content (AvgIpc) is 3.16. The Morgan fingerprint density at radius 3 is 2.76 bits per heavy atom. The van der Waals surface area contributed by atoms with Crippen molar-refractivity contribution in [3.8, 4) is 0 Å². The quantitative estimate of drug-likeness (QED) is 0.726. The Bertz CT molecular complexity index is 495. The largest absolute Gasteiger partial charge is 0.378 e. The first-order chi connectivity index (χ1) is 12.3. The number of piperazine rings is 1. The number of carbonyl (C=O) groups is 1. The summed E-state index contributed by atoms with van der Waals surface area (Å²) in [6.45, 7) is 5.41. The van der Waals surface area contributed by atoms with Crippen LogP contribution in [0.4, 0.5) is 4.79 Å². The molecule has 1 saturated carbocycles. The highest BCUT2D eigenvalue weighted by Gasteiger charge is 2.21. The minimum absolute atomic E-state index is 0.0389. The molecule has 25 heavy (non-hydrogen) atoms. The van der Waals surface area contributed by atoms with Gasteiger partial charge in [-0.05, 0) is 19.3 Å². The van der Waals surface area contributed by atoms with E-state index in [2.05, 4.69) is 25.4 Å². The summed E-state index contributed by atoms with van der Waals surface area (Å²) in [5, 5.41) is 9.75. The van der Waals surface area contributed by atoms with Gasteiger partial charge in [0, 0.05) is 39.3 Å². The zero-order valence-electron chi connectivity index (χ0n) is 15.0. The molecule has 0 aromatic carbocycles. The number of nitrogens with one attached hydrogen (secondary N) is 2. The normalized spacial score (nSPS) is 19.9. The molecule has 2 aliphatic rings. The van der Waals surface area contributed by atoms with Crippen molar-refractivity contribution >= 4 is 6.03 Å². The van der Waals surface area contributed by atoms with Crippen LogP contribution in [0, 0.1) is 0 Å². The lowest BCUT2D eigenvalue weighted by molar-refractivity contribution is 0.0274. The van der Waals surface area contributed by atoms with E-state index in [-0.39, 0.29) is 6.03 Å². The molecule has 3 rings (SSSR count). The van der Waals surface area contributed by atoms with Gasteiger partial charge in [-0.2, -0.15) is 5.10 Å². The van der Waals surface area contributed by atoms with Crippen LogP contribution in [0.3, 0.4) is 0 Å². The maximum absolute atomic E-state index is 12.2. The Morgan fingerprint density at radius 2 is 2.04 bits per heavy atom. The molecule has 0 atom stereocenters. The Hall–Kier alpha value is -1.67. The number of nitrogens with zero attached hydrogens (tertiary/aromatic N) is 4. The van der Waals surface area contributed by atoms with Crippen molar-refractivity contribution in [2.24, 2.45) is 0 Å². The third-order valence-electron chi connectivity index (χ3n) is 5.00. The lowest BCUT2D eigenvalue weighted by atomic mass is 9.98. The molecule has 0 bridgehead atoms. The van der Waals surface area contributed by atoms with Gasteiger partial charge in [0.15, 0.2) is 0 Å². The summed E-state index contributed by atoms with van der Waals surface area (Å²) in [4.78, 5) is 20.5. The monoisotopic (exact) mass is 350 g/mol. The van der Waals surface area contributed by atoms with Crippen LogP contribution in [0.5, 0.6) is 0 Å². The van der Waals surface area contributed by atoms with Crippen molar-refractivity contribution in [2.75, 3.05) is 39.3 Å². The van der Waals surface area contributed by atoms with Crippen molar-refractivity contribution in [1.82, 2.24) is 30.3 Å². The first-order valence-corrected chi connectivity index (χ1v) is 9.52. The van der Waals surface area contributed by atoms with Crippen LogP contribution in [0.15, 0.2) is 6.33 Å². The number of aromatic amines is 1. The second-order valence-electron chi connectivity index (χ2n) is 6.91. The van der Waals surface area contributed by atoms with E-state index < -0.39 is 0 Å². The molecule has 0 radical (unpaired) electrons. The SMILES string of the molecule is O=C(NCCCOC1CCCCC1)N1CCN(Cc2ncn[nH]2)CC1. The van der Waals surface area contributed by atoms with Crippen molar-refractivity contribution in [2.45, 2.75) is 51.2 Å².